The van der Waals surface area contributed by atoms with E-state index in [1.54, 1.807) is 6.20 Å². The molecular weight excluding hydrogens is 308 g/mol. The number of fused-ring (bicyclic) bond motifs is 3. The average molecular weight is 330 g/mol. The maximum absolute atomic E-state index is 6.12. The molecule has 0 aromatic carbocycles. The van der Waals surface area contributed by atoms with Gasteiger partial charge in [0.25, 0.3) is 0 Å². The maximum Gasteiger partial charge on any atom is 0.152 e. The van der Waals surface area contributed by atoms with Gasteiger partial charge in [-0.25, -0.2) is 15.9 Å². The van der Waals surface area contributed by atoms with Crippen LogP contribution >= 0.6 is 0 Å². The van der Waals surface area contributed by atoms with Gasteiger partial charge in [0.2, 0.25) is 0 Å². The Morgan fingerprint density at radius 1 is 1.17 bits per heavy atom. The zero-order chi connectivity index (χ0) is 16.9. The van der Waals surface area contributed by atoms with Crippen molar-refractivity contribution < 1.29 is 9.57 Å². The lowest BCUT2D eigenvalue weighted by molar-refractivity contribution is 0.0449. The van der Waals surface area contributed by atoms with Crippen LogP contribution in [0.25, 0.3) is 22.1 Å². The molecule has 4 N–H and O–H groups in total. The molecule has 3 aromatic rings. The molecule has 8 nitrogen and oxygen atoms in total. The first-order valence-corrected chi connectivity index (χ1v) is 8.05. The summed E-state index contributed by atoms with van der Waals surface area (Å²) < 4.78 is 7.69. The second-order valence-electron chi connectivity index (χ2n) is 5.48. The molecule has 0 aliphatic carbocycles. The standard InChI is InChI=1S/C16H22N6O2/c1-2-4-12-21-14-15(22(12)7-8-23-9-10-24-18)13-11(20-16(14)17)5-3-6-19-13/h3,5-6H,2,4,7-10,18H2,1H3,(H2,17,20). The molecule has 0 saturated heterocycles. The van der Waals surface area contributed by atoms with Crippen molar-refractivity contribution in [1.82, 2.24) is 19.5 Å². The van der Waals surface area contributed by atoms with Crippen molar-refractivity contribution in [2.75, 3.05) is 25.6 Å². The molecule has 0 saturated carbocycles. The maximum atomic E-state index is 6.12. The number of ether oxygens (including phenoxy) is 1. The topological polar surface area (TPSA) is 114 Å². The highest BCUT2D eigenvalue weighted by atomic mass is 16.6. The van der Waals surface area contributed by atoms with Gasteiger partial charge >= 0.3 is 0 Å². The van der Waals surface area contributed by atoms with Crippen molar-refractivity contribution >= 4 is 27.9 Å². The van der Waals surface area contributed by atoms with Crippen molar-refractivity contribution in [3.05, 3.63) is 24.2 Å². The van der Waals surface area contributed by atoms with Crippen molar-refractivity contribution in [1.29, 1.82) is 0 Å². The third-order valence-corrected chi connectivity index (χ3v) is 3.82. The van der Waals surface area contributed by atoms with Crippen molar-refractivity contribution in [3.8, 4) is 0 Å². The Hall–Kier alpha value is -2.29. The molecule has 0 bridgehead atoms. The second kappa shape index (κ2) is 7.52. The van der Waals surface area contributed by atoms with Crippen LogP contribution in [0.5, 0.6) is 0 Å². The van der Waals surface area contributed by atoms with Gasteiger partial charge in [0.15, 0.2) is 5.82 Å². The van der Waals surface area contributed by atoms with E-state index in [1.807, 2.05) is 12.1 Å². The monoisotopic (exact) mass is 330 g/mol. The molecule has 0 fully saturated rings. The van der Waals surface area contributed by atoms with Crippen LogP contribution in [0, 0.1) is 0 Å². The minimum atomic E-state index is 0.369. The van der Waals surface area contributed by atoms with E-state index in [4.69, 9.17) is 21.4 Å². The smallest absolute Gasteiger partial charge is 0.152 e. The van der Waals surface area contributed by atoms with E-state index in [0.717, 1.165) is 35.2 Å². The van der Waals surface area contributed by atoms with E-state index < -0.39 is 0 Å². The summed E-state index contributed by atoms with van der Waals surface area (Å²) in [5.74, 6) is 6.40. The van der Waals surface area contributed by atoms with Crippen molar-refractivity contribution in [2.45, 2.75) is 26.3 Å². The zero-order valence-corrected chi connectivity index (χ0v) is 13.7. The molecule has 24 heavy (non-hydrogen) atoms. The van der Waals surface area contributed by atoms with Gasteiger partial charge in [-0.2, -0.15) is 0 Å². The number of hydrogen-bond donors (Lipinski definition) is 2. The second-order valence-corrected chi connectivity index (χ2v) is 5.48. The lowest BCUT2D eigenvalue weighted by Crippen LogP contribution is -2.13. The Balaban J connectivity index is 2.04. The van der Waals surface area contributed by atoms with Crippen LogP contribution in [0.4, 0.5) is 5.82 Å². The summed E-state index contributed by atoms with van der Waals surface area (Å²) in [4.78, 5) is 18.1. The lowest BCUT2D eigenvalue weighted by atomic mass is 10.2. The molecular formula is C16H22N6O2. The Morgan fingerprint density at radius 2 is 2.04 bits per heavy atom. The van der Waals surface area contributed by atoms with Gasteiger partial charge < -0.3 is 19.9 Å². The number of aryl methyl sites for hydroxylation is 1. The molecule has 0 atom stereocenters. The van der Waals surface area contributed by atoms with Crippen LogP contribution in [-0.4, -0.2) is 39.3 Å². The summed E-state index contributed by atoms with van der Waals surface area (Å²) >= 11 is 0. The normalized spacial score (nSPS) is 11.6. The predicted octanol–water partition coefficient (Wildman–Crippen LogP) is 1.42. The molecule has 3 aromatic heterocycles. The van der Waals surface area contributed by atoms with E-state index in [1.165, 1.54) is 0 Å². The van der Waals surface area contributed by atoms with Crippen LogP contribution in [0.3, 0.4) is 0 Å². The molecule has 3 rings (SSSR count). The number of nitrogens with two attached hydrogens (primary N) is 2. The van der Waals surface area contributed by atoms with Gasteiger partial charge in [0.05, 0.1) is 25.3 Å². The third kappa shape index (κ3) is 3.16. The molecule has 128 valence electrons. The average Bonchev–Trinajstić information content (AvgIpc) is 2.95. The molecule has 3 heterocycles. The SMILES string of the molecule is CCCc1nc2c(N)nc3cccnc3c2n1CCOCCON. The minimum absolute atomic E-state index is 0.369. The van der Waals surface area contributed by atoms with Crippen molar-refractivity contribution in [3.63, 3.8) is 0 Å². The fourth-order valence-electron chi connectivity index (χ4n) is 2.79. The van der Waals surface area contributed by atoms with Gasteiger partial charge in [-0.3, -0.25) is 4.98 Å². The van der Waals surface area contributed by atoms with Gasteiger partial charge in [-0.1, -0.05) is 6.92 Å². The van der Waals surface area contributed by atoms with Crippen LogP contribution in [0.2, 0.25) is 0 Å². The Bertz CT molecular complexity index is 832. The van der Waals surface area contributed by atoms with Crippen LogP contribution < -0.4 is 11.6 Å². The number of nitrogens with zero attached hydrogens (tertiary/aromatic N) is 4. The molecule has 0 aliphatic rings. The summed E-state index contributed by atoms with van der Waals surface area (Å²) in [7, 11) is 0. The zero-order valence-electron chi connectivity index (χ0n) is 13.7. The largest absolute Gasteiger partial charge is 0.382 e. The fraction of sp³-hybridized carbons (Fsp3) is 0.438. The number of hydrogen-bond acceptors (Lipinski definition) is 7. The van der Waals surface area contributed by atoms with E-state index >= 15 is 0 Å². The van der Waals surface area contributed by atoms with Gasteiger partial charge in [-0.15, -0.1) is 0 Å². The number of anilines is 1. The van der Waals surface area contributed by atoms with Crippen LogP contribution in [0.1, 0.15) is 19.2 Å². The van der Waals surface area contributed by atoms with Gasteiger partial charge in [0, 0.05) is 19.2 Å². The molecule has 0 spiro atoms. The fourth-order valence-corrected chi connectivity index (χ4v) is 2.79. The summed E-state index contributed by atoms with van der Waals surface area (Å²) in [6.45, 7) is 4.13. The molecule has 0 radical (unpaired) electrons. The van der Waals surface area contributed by atoms with E-state index in [-0.39, 0.29) is 0 Å². The highest BCUT2D eigenvalue weighted by Gasteiger charge is 2.17. The summed E-state index contributed by atoms with van der Waals surface area (Å²) in [5.41, 5.74) is 9.31. The number of imidazole rings is 1. The predicted molar refractivity (Wildman–Crippen MR) is 92.2 cm³/mol. The molecule has 8 heteroatoms. The molecule has 0 aliphatic heterocycles. The van der Waals surface area contributed by atoms with Crippen LogP contribution in [0.15, 0.2) is 18.3 Å². The first kappa shape index (κ1) is 16.6. The van der Waals surface area contributed by atoms with Gasteiger partial charge in [-0.05, 0) is 18.6 Å². The van der Waals surface area contributed by atoms with E-state index in [2.05, 4.69) is 26.3 Å². The minimum Gasteiger partial charge on any atom is -0.382 e. The highest BCUT2D eigenvalue weighted by molar-refractivity contribution is 6.04. The third-order valence-electron chi connectivity index (χ3n) is 3.82. The van der Waals surface area contributed by atoms with Crippen molar-refractivity contribution in [2.24, 2.45) is 5.90 Å². The first-order chi connectivity index (χ1) is 11.8. The number of pyridine rings is 2. The first-order valence-electron chi connectivity index (χ1n) is 8.05. The molecule has 0 amide bonds. The van der Waals surface area contributed by atoms with Crippen LogP contribution in [-0.2, 0) is 22.5 Å². The number of nitrogen functional groups attached to an aromatic ring is 1. The summed E-state index contributed by atoms with van der Waals surface area (Å²) in [6, 6.07) is 3.76. The van der Waals surface area contributed by atoms with E-state index in [0.29, 0.717) is 37.7 Å². The number of aromatic nitrogens is 4. The summed E-state index contributed by atoms with van der Waals surface area (Å²) in [5, 5.41) is 0. The van der Waals surface area contributed by atoms with E-state index in [9.17, 15) is 0 Å². The Kier molecular flexibility index (Phi) is 5.19. The Morgan fingerprint density at radius 3 is 2.83 bits per heavy atom. The van der Waals surface area contributed by atoms with Gasteiger partial charge in [0.1, 0.15) is 22.4 Å². The lowest BCUT2D eigenvalue weighted by Gasteiger charge is -2.10. The summed E-state index contributed by atoms with van der Waals surface area (Å²) in [6.07, 6.45) is 3.60. The highest BCUT2D eigenvalue weighted by Crippen LogP contribution is 2.27. The number of rotatable bonds is 8. The molecule has 0 unspecified atom stereocenters. The Labute approximate surface area is 139 Å². The quantitative estimate of drug-likeness (QED) is 0.474.